The Morgan fingerprint density at radius 1 is 0.962 bits per heavy atom. The van der Waals surface area contributed by atoms with Gasteiger partial charge >= 0.3 is 0 Å². The minimum atomic E-state index is -0.334. The predicted octanol–water partition coefficient (Wildman–Crippen LogP) is 2.83. The molecule has 2 aromatic rings. The maximum Gasteiger partial charge on any atom is 0.231 e. The molecule has 1 fully saturated rings. The minimum absolute atomic E-state index is 0.160. The maximum absolute atomic E-state index is 13.1. The second kappa shape index (κ2) is 8.08. The Hall–Kier alpha value is -2.08. The van der Waals surface area contributed by atoms with E-state index in [1.165, 1.54) is 0 Å². The molecule has 1 amide bonds. The lowest BCUT2D eigenvalue weighted by atomic mass is 10.0. The molecule has 26 heavy (non-hydrogen) atoms. The lowest BCUT2D eigenvalue weighted by Gasteiger charge is -2.36. The summed E-state index contributed by atoms with van der Waals surface area (Å²) in [5.41, 5.74) is 7.05. The average Bonchev–Trinajstić information content (AvgIpc) is 2.62. The number of ketones is 1. The van der Waals surface area contributed by atoms with E-state index in [-0.39, 0.29) is 18.2 Å². The van der Waals surface area contributed by atoms with Gasteiger partial charge in [-0.1, -0.05) is 35.3 Å². The summed E-state index contributed by atoms with van der Waals surface area (Å²) in [7, 11) is 0. The Labute approximate surface area is 162 Å². The van der Waals surface area contributed by atoms with Crippen molar-refractivity contribution in [1.29, 1.82) is 0 Å². The van der Waals surface area contributed by atoms with Crippen molar-refractivity contribution < 1.29 is 9.59 Å². The number of primary amides is 1. The summed E-state index contributed by atoms with van der Waals surface area (Å²) in [6.45, 7) is 3.03. The zero-order valence-corrected chi connectivity index (χ0v) is 15.6. The SMILES string of the molecule is NC(=O)CN1CCN(c2ccc(Cl)cc2C(=O)c2ccccc2Cl)CC1. The third-order valence-corrected chi connectivity index (χ3v) is 4.98. The van der Waals surface area contributed by atoms with Crippen LogP contribution in [0.4, 0.5) is 5.69 Å². The van der Waals surface area contributed by atoms with Gasteiger partial charge < -0.3 is 10.6 Å². The average molecular weight is 392 g/mol. The molecule has 0 spiro atoms. The highest BCUT2D eigenvalue weighted by atomic mass is 35.5. The van der Waals surface area contributed by atoms with E-state index in [4.69, 9.17) is 28.9 Å². The summed E-state index contributed by atoms with van der Waals surface area (Å²) in [5.74, 6) is -0.493. The molecule has 7 heteroatoms. The Morgan fingerprint density at radius 2 is 1.65 bits per heavy atom. The van der Waals surface area contributed by atoms with Gasteiger partial charge in [0.05, 0.1) is 11.6 Å². The highest BCUT2D eigenvalue weighted by Gasteiger charge is 2.24. The van der Waals surface area contributed by atoms with Gasteiger partial charge in [-0.25, -0.2) is 0 Å². The smallest absolute Gasteiger partial charge is 0.231 e. The number of carbonyl (C=O) groups excluding carboxylic acids is 2. The van der Waals surface area contributed by atoms with Gasteiger partial charge in [-0.3, -0.25) is 14.5 Å². The Bertz CT molecular complexity index is 833. The highest BCUT2D eigenvalue weighted by molar-refractivity contribution is 6.35. The van der Waals surface area contributed by atoms with Gasteiger partial charge in [-0.2, -0.15) is 0 Å². The molecule has 0 aliphatic carbocycles. The largest absolute Gasteiger partial charge is 0.369 e. The number of carbonyl (C=O) groups is 2. The number of anilines is 1. The number of nitrogens with two attached hydrogens (primary N) is 1. The molecule has 2 aromatic carbocycles. The van der Waals surface area contributed by atoms with Crippen molar-refractivity contribution in [3.8, 4) is 0 Å². The van der Waals surface area contributed by atoms with E-state index in [9.17, 15) is 9.59 Å². The predicted molar refractivity (Wildman–Crippen MR) is 104 cm³/mol. The number of halogens is 2. The molecule has 0 unspecified atom stereocenters. The summed E-state index contributed by atoms with van der Waals surface area (Å²) in [6.07, 6.45) is 0. The molecule has 3 rings (SSSR count). The summed E-state index contributed by atoms with van der Waals surface area (Å²) in [4.78, 5) is 28.3. The number of nitrogens with zero attached hydrogens (tertiary/aromatic N) is 2. The van der Waals surface area contributed by atoms with Crippen molar-refractivity contribution in [3.05, 3.63) is 63.6 Å². The zero-order chi connectivity index (χ0) is 18.7. The van der Waals surface area contributed by atoms with Crippen molar-refractivity contribution in [2.45, 2.75) is 0 Å². The molecule has 1 aliphatic heterocycles. The van der Waals surface area contributed by atoms with Crippen LogP contribution >= 0.6 is 23.2 Å². The number of piperazine rings is 1. The van der Waals surface area contributed by atoms with Crippen LogP contribution in [0.1, 0.15) is 15.9 Å². The van der Waals surface area contributed by atoms with Crippen LogP contribution in [0.25, 0.3) is 0 Å². The molecule has 0 atom stereocenters. The summed E-state index contributed by atoms with van der Waals surface area (Å²) in [5, 5.41) is 0.909. The summed E-state index contributed by atoms with van der Waals surface area (Å²) in [6, 6.07) is 12.3. The van der Waals surface area contributed by atoms with E-state index in [0.717, 1.165) is 5.69 Å². The second-order valence-corrected chi connectivity index (χ2v) is 7.04. The monoisotopic (exact) mass is 391 g/mol. The summed E-state index contributed by atoms with van der Waals surface area (Å²) >= 11 is 12.3. The van der Waals surface area contributed by atoms with Crippen LogP contribution in [0, 0.1) is 0 Å². The van der Waals surface area contributed by atoms with Gasteiger partial charge in [0.15, 0.2) is 5.78 Å². The fourth-order valence-corrected chi connectivity index (χ4v) is 3.52. The van der Waals surface area contributed by atoms with Crippen LogP contribution in [-0.4, -0.2) is 49.3 Å². The van der Waals surface area contributed by atoms with E-state index < -0.39 is 0 Å². The standard InChI is InChI=1S/C19H19Cl2N3O2/c20-13-5-6-17(24-9-7-23(8-10-24)12-18(22)25)15(11-13)19(26)14-3-1-2-4-16(14)21/h1-6,11H,7-10,12H2,(H2,22,25). The molecule has 0 radical (unpaired) electrons. The van der Waals surface area contributed by atoms with Crippen LogP contribution in [0.5, 0.6) is 0 Å². The Balaban J connectivity index is 1.87. The highest BCUT2D eigenvalue weighted by Crippen LogP contribution is 2.29. The fourth-order valence-electron chi connectivity index (χ4n) is 3.12. The van der Waals surface area contributed by atoms with Gasteiger partial charge in [-0.05, 0) is 30.3 Å². The minimum Gasteiger partial charge on any atom is -0.369 e. The normalized spacial score (nSPS) is 15.1. The van der Waals surface area contributed by atoms with Gasteiger partial charge in [0, 0.05) is 48.0 Å². The first-order chi connectivity index (χ1) is 12.5. The van der Waals surface area contributed by atoms with Crippen LogP contribution < -0.4 is 10.6 Å². The van der Waals surface area contributed by atoms with Crippen LogP contribution in [-0.2, 0) is 4.79 Å². The molecule has 2 N–H and O–H groups in total. The fraction of sp³-hybridized carbons (Fsp3) is 0.263. The molecule has 1 heterocycles. The molecular formula is C19H19Cl2N3O2. The number of hydrogen-bond acceptors (Lipinski definition) is 4. The number of benzene rings is 2. The van der Waals surface area contributed by atoms with Crippen LogP contribution in [0.15, 0.2) is 42.5 Å². The Kier molecular flexibility index (Phi) is 5.81. The van der Waals surface area contributed by atoms with E-state index in [2.05, 4.69) is 4.90 Å². The first kappa shape index (κ1) is 18.7. The third kappa shape index (κ3) is 4.18. The van der Waals surface area contributed by atoms with Crippen molar-refractivity contribution in [3.63, 3.8) is 0 Å². The molecule has 1 aliphatic rings. The topological polar surface area (TPSA) is 66.6 Å². The van der Waals surface area contributed by atoms with Crippen LogP contribution in [0.2, 0.25) is 10.0 Å². The molecule has 5 nitrogen and oxygen atoms in total. The van der Waals surface area contributed by atoms with Gasteiger partial charge in [-0.15, -0.1) is 0 Å². The zero-order valence-electron chi connectivity index (χ0n) is 14.1. The number of hydrogen-bond donors (Lipinski definition) is 1. The molecule has 136 valence electrons. The Morgan fingerprint density at radius 3 is 2.31 bits per heavy atom. The van der Waals surface area contributed by atoms with Crippen molar-refractivity contribution >= 4 is 40.6 Å². The van der Waals surface area contributed by atoms with Crippen molar-refractivity contribution in [1.82, 2.24) is 4.90 Å². The second-order valence-electron chi connectivity index (χ2n) is 6.20. The van der Waals surface area contributed by atoms with Crippen molar-refractivity contribution in [2.75, 3.05) is 37.6 Å². The number of amides is 1. The molecule has 0 saturated carbocycles. The van der Waals surface area contributed by atoms with E-state index >= 15 is 0 Å². The molecule has 1 saturated heterocycles. The first-order valence-electron chi connectivity index (χ1n) is 8.30. The van der Waals surface area contributed by atoms with Crippen LogP contribution in [0.3, 0.4) is 0 Å². The quantitative estimate of drug-likeness (QED) is 0.795. The molecular weight excluding hydrogens is 373 g/mol. The van der Waals surface area contributed by atoms with Gasteiger partial charge in [0.1, 0.15) is 0 Å². The molecule has 0 aromatic heterocycles. The lowest BCUT2D eigenvalue weighted by molar-refractivity contribution is -0.119. The van der Waals surface area contributed by atoms with Crippen molar-refractivity contribution in [2.24, 2.45) is 5.73 Å². The summed E-state index contributed by atoms with van der Waals surface area (Å²) < 4.78 is 0. The van der Waals surface area contributed by atoms with E-state index in [1.54, 1.807) is 36.4 Å². The first-order valence-corrected chi connectivity index (χ1v) is 9.05. The molecule has 0 bridgehead atoms. The third-order valence-electron chi connectivity index (χ3n) is 4.41. The maximum atomic E-state index is 13.1. The number of rotatable bonds is 5. The van der Waals surface area contributed by atoms with E-state index in [1.807, 2.05) is 11.0 Å². The van der Waals surface area contributed by atoms with Gasteiger partial charge in [0.25, 0.3) is 0 Å². The lowest BCUT2D eigenvalue weighted by Crippen LogP contribution is -2.49. The van der Waals surface area contributed by atoms with E-state index in [0.29, 0.717) is 47.4 Å². The van der Waals surface area contributed by atoms with Gasteiger partial charge in [0.2, 0.25) is 5.91 Å².